The molecule has 0 aliphatic carbocycles. The van der Waals surface area contributed by atoms with E-state index in [0.29, 0.717) is 5.56 Å². The highest BCUT2D eigenvalue weighted by Gasteiger charge is 2.64. The minimum Gasteiger partial charge on any atom is -0.478 e. The predicted octanol–water partition coefficient (Wildman–Crippen LogP) is 2.76. The molecular formula is C13H11F3O4. The first-order valence-corrected chi connectivity index (χ1v) is 5.59. The van der Waals surface area contributed by atoms with Gasteiger partial charge in [-0.05, 0) is 18.6 Å². The van der Waals surface area contributed by atoms with Gasteiger partial charge in [0.15, 0.2) is 0 Å². The normalized spacial score (nSPS) is 21.8. The number of halogens is 3. The average molecular weight is 288 g/mol. The number of para-hydroxylation sites is 1. The third kappa shape index (κ3) is 1.94. The molecule has 1 atom stereocenters. The van der Waals surface area contributed by atoms with E-state index in [1.54, 1.807) is 19.1 Å². The lowest BCUT2D eigenvalue weighted by Gasteiger charge is -2.38. The van der Waals surface area contributed by atoms with Crippen LogP contribution >= 0.6 is 0 Å². The molecule has 0 amide bonds. The maximum atomic E-state index is 13.3. The second kappa shape index (κ2) is 4.52. The van der Waals surface area contributed by atoms with Gasteiger partial charge in [-0.1, -0.05) is 18.2 Å². The van der Waals surface area contributed by atoms with E-state index in [0.717, 1.165) is 13.2 Å². The van der Waals surface area contributed by atoms with Gasteiger partial charge < -0.3 is 14.6 Å². The Morgan fingerprint density at radius 3 is 2.55 bits per heavy atom. The maximum absolute atomic E-state index is 13.3. The molecule has 1 N–H and O–H groups in total. The molecule has 2 rings (SSSR count). The molecule has 1 aromatic rings. The summed E-state index contributed by atoms with van der Waals surface area (Å²) in [5.41, 5.74) is -0.293. The SMILES string of the molecule is COC1(C(F)(F)F)Oc2c(C)cccc2C=C1C(=O)O. The van der Waals surface area contributed by atoms with Gasteiger partial charge >= 0.3 is 17.9 Å². The number of aryl methyl sites for hydroxylation is 1. The number of rotatable bonds is 2. The van der Waals surface area contributed by atoms with Crippen molar-refractivity contribution in [2.45, 2.75) is 18.9 Å². The van der Waals surface area contributed by atoms with Crippen LogP contribution in [0, 0.1) is 6.92 Å². The Bertz CT molecular complexity index is 592. The number of methoxy groups -OCH3 is 1. The van der Waals surface area contributed by atoms with Gasteiger partial charge in [0.2, 0.25) is 0 Å². The van der Waals surface area contributed by atoms with Gasteiger partial charge in [0.05, 0.1) is 0 Å². The summed E-state index contributed by atoms with van der Waals surface area (Å²) < 4.78 is 49.2. The van der Waals surface area contributed by atoms with Crippen LogP contribution in [0.1, 0.15) is 11.1 Å². The van der Waals surface area contributed by atoms with Crippen molar-refractivity contribution in [2.24, 2.45) is 0 Å². The predicted molar refractivity (Wildman–Crippen MR) is 63.2 cm³/mol. The van der Waals surface area contributed by atoms with E-state index < -0.39 is 23.5 Å². The van der Waals surface area contributed by atoms with E-state index in [4.69, 9.17) is 9.84 Å². The number of alkyl halides is 3. The summed E-state index contributed by atoms with van der Waals surface area (Å²) >= 11 is 0. The molecule has 0 radical (unpaired) electrons. The number of aliphatic carboxylic acids is 1. The van der Waals surface area contributed by atoms with E-state index in [-0.39, 0.29) is 11.3 Å². The lowest BCUT2D eigenvalue weighted by Crippen LogP contribution is -2.56. The molecule has 0 spiro atoms. The number of benzene rings is 1. The topological polar surface area (TPSA) is 55.8 Å². The van der Waals surface area contributed by atoms with Crippen LogP contribution < -0.4 is 4.74 Å². The van der Waals surface area contributed by atoms with Crippen molar-refractivity contribution in [2.75, 3.05) is 7.11 Å². The molecule has 1 unspecified atom stereocenters. The molecule has 0 bridgehead atoms. The Morgan fingerprint density at radius 2 is 2.05 bits per heavy atom. The molecule has 4 nitrogen and oxygen atoms in total. The Kier molecular flexibility index (Phi) is 3.25. The largest absolute Gasteiger partial charge is 0.478 e. The van der Waals surface area contributed by atoms with Crippen LogP contribution in [0.3, 0.4) is 0 Å². The standard InChI is InChI=1S/C13H11F3O4/c1-7-4-3-5-8-6-9(11(17)18)12(19-2,13(14,15)16)20-10(7)8/h3-6H,1-2H3,(H,17,18). The Balaban J connectivity index is 2.73. The molecule has 1 heterocycles. The van der Waals surface area contributed by atoms with E-state index >= 15 is 0 Å². The van der Waals surface area contributed by atoms with Gasteiger partial charge in [0, 0.05) is 12.7 Å². The highest BCUT2D eigenvalue weighted by molar-refractivity contribution is 5.96. The van der Waals surface area contributed by atoms with Crippen molar-refractivity contribution in [3.8, 4) is 5.75 Å². The quantitative estimate of drug-likeness (QED) is 0.909. The molecule has 0 saturated heterocycles. The van der Waals surface area contributed by atoms with Crippen molar-refractivity contribution in [1.82, 2.24) is 0 Å². The zero-order valence-corrected chi connectivity index (χ0v) is 10.6. The minimum absolute atomic E-state index is 0.0447. The van der Waals surface area contributed by atoms with E-state index in [9.17, 15) is 18.0 Å². The van der Waals surface area contributed by atoms with Crippen molar-refractivity contribution >= 4 is 12.0 Å². The van der Waals surface area contributed by atoms with Crippen molar-refractivity contribution in [3.63, 3.8) is 0 Å². The van der Waals surface area contributed by atoms with Crippen LogP contribution in [0.4, 0.5) is 13.2 Å². The fourth-order valence-electron chi connectivity index (χ4n) is 2.06. The summed E-state index contributed by atoms with van der Waals surface area (Å²) in [6.45, 7) is 1.56. The smallest absolute Gasteiger partial charge is 0.460 e. The Morgan fingerprint density at radius 1 is 1.40 bits per heavy atom. The molecule has 108 valence electrons. The minimum atomic E-state index is -5.04. The number of hydrogen-bond donors (Lipinski definition) is 1. The van der Waals surface area contributed by atoms with Gasteiger partial charge in [0.25, 0.3) is 0 Å². The van der Waals surface area contributed by atoms with Gasteiger partial charge in [-0.2, -0.15) is 13.2 Å². The maximum Gasteiger partial charge on any atom is 0.460 e. The molecule has 1 aliphatic rings. The molecule has 1 aromatic carbocycles. The number of fused-ring (bicyclic) bond motifs is 1. The summed E-state index contributed by atoms with van der Waals surface area (Å²) in [6, 6.07) is 4.64. The highest BCUT2D eigenvalue weighted by atomic mass is 19.4. The lowest BCUT2D eigenvalue weighted by molar-refractivity contribution is -0.326. The molecular weight excluding hydrogens is 277 g/mol. The van der Waals surface area contributed by atoms with Gasteiger partial charge in [-0.25, -0.2) is 4.79 Å². The first-order valence-electron chi connectivity index (χ1n) is 5.59. The van der Waals surface area contributed by atoms with Crippen LogP contribution in [0.15, 0.2) is 23.8 Å². The number of carboxylic acids is 1. The number of hydrogen-bond acceptors (Lipinski definition) is 3. The van der Waals surface area contributed by atoms with Gasteiger partial charge in [0.1, 0.15) is 11.3 Å². The van der Waals surface area contributed by atoms with Crippen molar-refractivity contribution in [3.05, 3.63) is 34.9 Å². The van der Waals surface area contributed by atoms with E-state index in [2.05, 4.69) is 4.74 Å². The number of carboxylic acid groups (broad SMARTS) is 1. The van der Waals surface area contributed by atoms with Crippen molar-refractivity contribution < 1.29 is 32.5 Å². The zero-order valence-electron chi connectivity index (χ0n) is 10.6. The molecule has 0 aromatic heterocycles. The van der Waals surface area contributed by atoms with E-state index in [1.807, 2.05) is 0 Å². The fourth-order valence-corrected chi connectivity index (χ4v) is 2.06. The molecule has 0 fully saturated rings. The molecule has 20 heavy (non-hydrogen) atoms. The third-order valence-electron chi connectivity index (χ3n) is 3.03. The summed E-state index contributed by atoms with van der Waals surface area (Å²) in [5, 5.41) is 9.03. The third-order valence-corrected chi connectivity index (χ3v) is 3.03. The van der Waals surface area contributed by atoms with Crippen LogP contribution in [0.5, 0.6) is 5.75 Å². The van der Waals surface area contributed by atoms with Crippen LogP contribution in [0.2, 0.25) is 0 Å². The summed E-state index contributed by atoms with van der Waals surface area (Å²) in [7, 11) is 0.757. The number of carbonyl (C=O) groups is 1. The summed E-state index contributed by atoms with van der Waals surface area (Å²) in [6.07, 6.45) is -4.11. The second-order valence-electron chi connectivity index (χ2n) is 4.28. The average Bonchev–Trinajstić information content (AvgIpc) is 2.36. The molecule has 1 aliphatic heterocycles. The first kappa shape index (κ1) is 14.4. The Labute approximate surface area is 112 Å². The highest BCUT2D eigenvalue weighted by Crippen LogP contribution is 2.46. The zero-order chi connectivity index (χ0) is 15.1. The molecule has 0 saturated carbocycles. The van der Waals surface area contributed by atoms with Crippen LogP contribution in [0.25, 0.3) is 6.08 Å². The van der Waals surface area contributed by atoms with Crippen molar-refractivity contribution in [1.29, 1.82) is 0 Å². The first-order chi connectivity index (χ1) is 9.23. The van der Waals surface area contributed by atoms with Crippen LogP contribution in [-0.4, -0.2) is 30.1 Å². The lowest BCUT2D eigenvalue weighted by atomic mass is 9.96. The second-order valence-corrected chi connectivity index (χ2v) is 4.28. The van der Waals surface area contributed by atoms with Crippen LogP contribution in [-0.2, 0) is 9.53 Å². The van der Waals surface area contributed by atoms with Gasteiger partial charge in [-0.3, -0.25) is 0 Å². The van der Waals surface area contributed by atoms with Gasteiger partial charge in [-0.15, -0.1) is 0 Å². The summed E-state index contributed by atoms with van der Waals surface area (Å²) in [4.78, 5) is 11.1. The molecule has 7 heteroatoms. The van der Waals surface area contributed by atoms with E-state index in [1.165, 1.54) is 6.07 Å². The summed E-state index contributed by atoms with van der Waals surface area (Å²) in [5.74, 6) is -5.11. The number of ether oxygens (including phenoxy) is 2. The monoisotopic (exact) mass is 288 g/mol. The fraction of sp³-hybridized carbons (Fsp3) is 0.308. The Hall–Kier alpha value is -2.02.